The third kappa shape index (κ3) is 14.1. The van der Waals surface area contributed by atoms with Crippen molar-refractivity contribution in [1.29, 1.82) is 5.26 Å². The molecule has 0 saturated heterocycles. The molecule has 0 radical (unpaired) electrons. The molecule has 0 aliphatic carbocycles. The molecule has 1 heterocycles. The summed E-state index contributed by atoms with van der Waals surface area (Å²) in [4.78, 5) is 49.5. The number of nitrogens with one attached hydrogen (secondary N) is 3. The molecule has 13 nitrogen and oxygen atoms in total. The number of methoxy groups -OCH3 is 1. The molecule has 2 aromatic rings. The smallest absolute Gasteiger partial charge is 0.274 e. The number of aliphatic hydroxyl groups is 1. The van der Waals surface area contributed by atoms with Crippen LogP contribution in [0, 0.1) is 36.9 Å². The molecule has 1 aromatic heterocycles. The second-order valence-corrected chi connectivity index (χ2v) is 10.7. The first kappa shape index (κ1) is 38.4. The van der Waals surface area contributed by atoms with Gasteiger partial charge in [0, 0.05) is 38.9 Å². The summed E-state index contributed by atoms with van der Waals surface area (Å²) < 4.78 is 23.4. The fourth-order valence-electron chi connectivity index (χ4n) is 3.49. The van der Waals surface area contributed by atoms with Crippen molar-refractivity contribution in [1.82, 2.24) is 26.0 Å². The van der Waals surface area contributed by atoms with Gasteiger partial charge in [-0.1, -0.05) is 37.2 Å². The standard InChI is InChI=1S/C19H23FN4O5.C12H20N2O2/c1-10-4-5-13(14(20)6-10)8-21-16(26)9-22-19(28)17(12(3)25)23-18(27)15-7-11(2)29-24-15;1-10(2)5-6-11(9-13)12(15)14(3)7-8-16-4/h4-7,12,17,25H,8-9H2,1-3H3,(H,21,26)(H,22,28)(H,23,27);6,10H,5,7-8H2,1-4H3/b;11-6+. The van der Waals surface area contributed by atoms with Gasteiger partial charge in [0.15, 0.2) is 5.69 Å². The number of carbonyl (C=O) groups excluding carboxylic acids is 4. The van der Waals surface area contributed by atoms with Gasteiger partial charge in [0.05, 0.1) is 19.3 Å². The molecule has 4 amide bonds. The van der Waals surface area contributed by atoms with Crippen LogP contribution in [0.15, 0.2) is 40.4 Å². The first-order valence-corrected chi connectivity index (χ1v) is 14.3. The van der Waals surface area contributed by atoms with Gasteiger partial charge in [0.25, 0.3) is 11.8 Å². The van der Waals surface area contributed by atoms with Gasteiger partial charge in [0.2, 0.25) is 11.8 Å². The van der Waals surface area contributed by atoms with Crippen LogP contribution in [0.4, 0.5) is 4.39 Å². The number of aromatic nitrogens is 1. The highest BCUT2D eigenvalue weighted by molar-refractivity contribution is 5.97. The fraction of sp³-hybridized carbons (Fsp3) is 0.484. The van der Waals surface area contributed by atoms with Gasteiger partial charge in [-0.25, -0.2) is 4.39 Å². The van der Waals surface area contributed by atoms with Crippen LogP contribution in [0.5, 0.6) is 0 Å². The number of hydrogen-bond donors (Lipinski definition) is 4. The van der Waals surface area contributed by atoms with Gasteiger partial charge in [-0.3, -0.25) is 19.2 Å². The maximum absolute atomic E-state index is 13.8. The number of likely N-dealkylation sites (N-methyl/N-ethyl adjacent to an activating group) is 1. The number of allylic oxidation sites excluding steroid dienone is 1. The number of nitrogens with zero attached hydrogens (tertiary/aromatic N) is 3. The molecule has 2 atom stereocenters. The van der Waals surface area contributed by atoms with E-state index in [1.165, 1.54) is 24.0 Å². The molecule has 0 bridgehead atoms. The van der Waals surface area contributed by atoms with E-state index in [0.29, 0.717) is 30.4 Å². The van der Waals surface area contributed by atoms with E-state index in [0.717, 1.165) is 12.0 Å². The predicted octanol–water partition coefficient (Wildman–Crippen LogP) is 1.93. The summed E-state index contributed by atoms with van der Waals surface area (Å²) in [7, 11) is 3.25. The largest absolute Gasteiger partial charge is 0.391 e. The Morgan fingerprint density at radius 3 is 2.40 bits per heavy atom. The number of carbonyl (C=O) groups is 4. The quantitative estimate of drug-likeness (QED) is 0.179. The lowest BCUT2D eigenvalue weighted by Crippen LogP contribution is -2.53. The molecule has 4 N–H and O–H groups in total. The third-order valence-electron chi connectivity index (χ3n) is 6.14. The topological polar surface area (TPSA) is 187 Å². The van der Waals surface area contributed by atoms with Gasteiger partial charge in [0.1, 0.15) is 29.3 Å². The number of nitriles is 1. The summed E-state index contributed by atoms with van der Waals surface area (Å²) in [5, 5.41) is 29.4. The van der Waals surface area contributed by atoms with E-state index in [-0.39, 0.29) is 23.7 Å². The fourth-order valence-corrected chi connectivity index (χ4v) is 3.49. The molecular formula is C31H43FN6O7. The van der Waals surface area contributed by atoms with E-state index in [9.17, 15) is 28.7 Å². The molecule has 2 rings (SSSR count). The lowest BCUT2D eigenvalue weighted by molar-refractivity contribution is -0.128. The molecule has 246 valence electrons. The first-order chi connectivity index (χ1) is 21.2. The van der Waals surface area contributed by atoms with Crippen LogP contribution in [0.2, 0.25) is 0 Å². The maximum Gasteiger partial charge on any atom is 0.274 e. The molecule has 0 aliphatic heterocycles. The van der Waals surface area contributed by atoms with E-state index in [4.69, 9.17) is 14.5 Å². The van der Waals surface area contributed by atoms with E-state index in [1.807, 2.05) is 19.9 Å². The predicted molar refractivity (Wildman–Crippen MR) is 163 cm³/mol. The summed E-state index contributed by atoms with van der Waals surface area (Å²) in [5.41, 5.74) is 1.25. The van der Waals surface area contributed by atoms with Gasteiger partial charge in [-0.05, 0) is 44.7 Å². The number of hydrogen-bond acceptors (Lipinski definition) is 9. The lowest BCUT2D eigenvalue weighted by Gasteiger charge is -2.20. The van der Waals surface area contributed by atoms with Crippen molar-refractivity contribution in [2.24, 2.45) is 5.92 Å². The Bertz CT molecular complexity index is 1370. The van der Waals surface area contributed by atoms with Crippen molar-refractivity contribution < 1.29 is 37.9 Å². The number of ether oxygens (including phenoxy) is 1. The molecule has 0 spiro atoms. The van der Waals surface area contributed by atoms with Crippen LogP contribution in [0.25, 0.3) is 0 Å². The van der Waals surface area contributed by atoms with Gasteiger partial charge in [-0.15, -0.1) is 0 Å². The third-order valence-corrected chi connectivity index (χ3v) is 6.14. The van der Waals surface area contributed by atoms with Crippen LogP contribution >= 0.6 is 0 Å². The number of halogens is 1. The van der Waals surface area contributed by atoms with Crippen LogP contribution in [0.3, 0.4) is 0 Å². The number of amides is 4. The molecule has 0 saturated carbocycles. The highest BCUT2D eigenvalue weighted by Gasteiger charge is 2.27. The Labute approximate surface area is 262 Å². The zero-order valence-electron chi connectivity index (χ0n) is 26.8. The van der Waals surface area contributed by atoms with Crippen molar-refractivity contribution >= 4 is 23.6 Å². The highest BCUT2D eigenvalue weighted by atomic mass is 19.1. The molecule has 0 fully saturated rings. The van der Waals surface area contributed by atoms with Gasteiger partial charge in [-0.2, -0.15) is 5.26 Å². The second kappa shape index (κ2) is 19.6. The molecule has 2 unspecified atom stereocenters. The normalized spacial score (nSPS) is 12.2. The zero-order chi connectivity index (χ0) is 34.1. The van der Waals surface area contributed by atoms with Crippen LogP contribution in [-0.2, 0) is 25.7 Å². The maximum atomic E-state index is 13.8. The van der Waals surface area contributed by atoms with Crippen LogP contribution < -0.4 is 16.0 Å². The molecular weight excluding hydrogens is 587 g/mol. The monoisotopic (exact) mass is 630 g/mol. The molecule has 14 heteroatoms. The summed E-state index contributed by atoms with van der Waals surface area (Å²) in [6.07, 6.45) is 1.22. The number of aliphatic hydroxyl groups excluding tert-OH is 1. The summed E-state index contributed by atoms with van der Waals surface area (Å²) in [5.74, 6) is -1.83. The Kier molecular flexibility index (Phi) is 16.8. The average Bonchev–Trinajstić information content (AvgIpc) is 3.43. The Morgan fingerprint density at radius 2 is 1.87 bits per heavy atom. The first-order valence-electron chi connectivity index (χ1n) is 14.3. The average molecular weight is 631 g/mol. The Hall–Kier alpha value is -4.61. The molecule has 0 aliphatic rings. The summed E-state index contributed by atoms with van der Waals surface area (Å²) in [6.45, 7) is 9.29. The second-order valence-electron chi connectivity index (χ2n) is 10.7. The minimum absolute atomic E-state index is 0.0388. The number of benzene rings is 1. The summed E-state index contributed by atoms with van der Waals surface area (Å²) in [6, 6.07) is 6.66. The minimum atomic E-state index is -1.30. The Balaban J connectivity index is 0.000000538. The Morgan fingerprint density at radius 1 is 1.18 bits per heavy atom. The van der Waals surface area contributed by atoms with Crippen molar-refractivity contribution in [2.75, 3.05) is 33.9 Å². The van der Waals surface area contributed by atoms with Gasteiger partial charge < -0.3 is 35.2 Å². The molecule has 1 aromatic carbocycles. The molecule has 45 heavy (non-hydrogen) atoms. The number of rotatable bonds is 14. The van der Waals surface area contributed by atoms with Crippen LogP contribution in [0.1, 0.15) is 54.6 Å². The van der Waals surface area contributed by atoms with E-state index in [1.54, 1.807) is 46.2 Å². The highest BCUT2D eigenvalue weighted by Crippen LogP contribution is 2.09. The zero-order valence-corrected chi connectivity index (χ0v) is 26.8. The lowest BCUT2D eigenvalue weighted by atomic mass is 10.1. The summed E-state index contributed by atoms with van der Waals surface area (Å²) >= 11 is 0. The van der Waals surface area contributed by atoms with E-state index in [2.05, 4.69) is 21.1 Å². The van der Waals surface area contributed by atoms with Crippen LogP contribution in [-0.4, -0.2) is 84.8 Å². The van der Waals surface area contributed by atoms with Gasteiger partial charge >= 0.3 is 0 Å². The SMILES string of the molecule is COCCN(C)C(=O)/C(C#N)=C/CC(C)C.Cc1ccc(CNC(=O)CNC(=O)C(NC(=O)c2cc(C)on2)C(C)O)c(F)c1. The van der Waals surface area contributed by atoms with Crippen molar-refractivity contribution in [3.63, 3.8) is 0 Å². The van der Waals surface area contributed by atoms with Crippen molar-refractivity contribution in [3.8, 4) is 6.07 Å². The van der Waals surface area contributed by atoms with E-state index >= 15 is 0 Å². The van der Waals surface area contributed by atoms with Crippen molar-refractivity contribution in [2.45, 2.75) is 59.7 Å². The van der Waals surface area contributed by atoms with E-state index < -0.39 is 42.2 Å². The minimum Gasteiger partial charge on any atom is -0.391 e. The number of aryl methyl sites for hydroxylation is 2. The van der Waals surface area contributed by atoms with Crippen molar-refractivity contribution in [3.05, 3.63) is 64.3 Å².